The van der Waals surface area contributed by atoms with Gasteiger partial charge >= 0.3 is 0 Å². The Morgan fingerprint density at radius 2 is 1.67 bits per heavy atom. The molecule has 0 aliphatic carbocycles. The van der Waals surface area contributed by atoms with Crippen LogP contribution in [0.3, 0.4) is 0 Å². The molecule has 0 spiro atoms. The molecule has 0 saturated carbocycles. The molecule has 118 valence electrons. The molecule has 0 bridgehead atoms. The zero-order valence-corrected chi connectivity index (χ0v) is 14.9. The number of rotatable bonds is 7. The lowest BCUT2D eigenvalue weighted by atomic mass is 10.1. The Labute approximate surface area is 135 Å². The summed E-state index contributed by atoms with van der Waals surface area (Å²) in [4.78, 5) is 14.5. The van der Waals surface area contributed by atoms with Gasteiger partial charge < -0.3 is 4.90 Å². The zero-order valence-electron chi connectivity index (χ0n) is 13.3. The van der Waals surface area contributed by atoms with Gasteiger partial charge in [0.05, 0.1) is 5.56 Å². The van der Waals surface area contributed by atoms with Crippen LogP contribution in [0.2, 0.25) is 0 Å². The first-order chi connectivity index (χ1) is 9.81. The highest BCUT2D eigenvalue weighted by Gasteiger charge is 2.19. The molecule has 4 heteroatoms. The Morgan fingerprint density at radius 1 is 1.14 bits per heavy atom. The lowest BCUT2D eigenvalue weighted by Crippen LogP contribution is -2.34. The molecule has 1 aromatic carbocycles. The summed E-state index contributed by atoms with van der Waals surface area (Å²) in [6, 6.07) is 4.25. The number of carbonyl (C=O) groups is 1. The van der Waals surface area contributed by atoms with Crippen LogP contribution in [-0.2, 0) is 0 Å². The molecule has 0 aliphatic heterocycles. The summed E-state index contributed by atoms with van der Waals surface area (Å²) in [6.07, 6.45) is 1.91. The molecule has 0 unspecified atom stereocenters. The fourth-order valence-electron chi connectivity index (χ4n) is 1.97. The number of benzene rings is 1. The van der Waals surface area contributed by atoms with Crippen LogP contribution in [0.25, 0.3) is 0 Å². The van der Waals surface area contributed by atoms with E-state index in [1.54, 1.807) is 6.07 Å². The van der Waals surface area contributed by atoms with Gasteiger partial charge in [0.1, 0.15) is 5.82 Å². The molecule has 21 heavy (non-hydrogen) atoms. The van der Waals surface area contributed by atoms with Crippen molar-refractivity contribution in [3.05, 3.63) is 34.1 Å². The number of amides is 1. The minimum absolute atomic E-state index is 0.0947. The average molecular weight is 358 g/mol. The Morgan fingerprint density at radius 3 is 2.14 bits per heavy atom. The van der Waals surface area contributed by atoms with E-state index in [-0.39, 0.29) is 11.7 Å². The molecule has 1 aromatic rings. The second-order valence-electron chi connectivity index (χ2n) is 6.28. The van der Waals surface area contributed by atoms with E-state index in [4.69, 9.17) is 0 Å². The highest BCUT2D eigenvalue weighted by atomic mass is 79.9. The Kier molecular flexibility index (Phi) is 7.36. The van der Waals surface area contributed by atoms with E-state index >= 15 is 0 Å². The number of hydrogen-bond acceptors (Lipinski definition) is 1. The molecule has 2 nitrogen and oxygen atoms in total. The van der Waals surface area contributed by atoms with Crippen LogP contribution in [-0.4, -0.2) is 23.9 Å². The molecule has 0 N–H and O–H groups in total. The van der Waals surface area contributed by atoms with Crippen LogP contribution < -0.4 is 0 Å². The summed E-state index contributed by atoms with van der Waals surface area (Å²) in [5.41, 5.74) is 0.405. The maximum Gasteiger partial charge on any atom is 0.255 e. The van der Waals surface area contributed by atoms with Crippen molar-refractivity contribution in [3.63, 3.8) is 0 Å². The standard InChI is InChI=1S/C17H25BrFNO/c1-12(2)7-9-20(10-8-13(3)4)17(21)15-11-14(19)5-6-16(15)18/h5-6,11-13H,7-10H2,1-4H3. The van der Waals surface area contributed by atoms with Crippen molar-refractivity contribution in [3.8, 4) is 0 Å². The third kappa shape index (κ3) is 6.16. The molecule has 0 aromatic heterocycles. The molecule has 0 heterocycles. The molecular weight excluding hydrogens is 333 g/mol. The molecule has 0 radical (unpaired) electrons. The second kappa shape index (κ2) is 8.52. The van der Waals surface area contributed by atoms with E-state index in [0.717, 1.165) is 12.8 Å². The van der Waals surface area contributed by atoms with Gasteiger partial charge in [-0.05, 0) is 58.8 Å². The summed E-state index contributed by atoms with van der Waals surface area (Å²) >= 11 is 3.35. The van der Waals surface area contributed by atoms with Gasteiger partial charge in [-0.15, -0.1) is 0 Å². The highest BCUT2D eigenvalue weighted by Crippen LogP contribution is 2.21. The predicted octanol–water partition coefficient (Wildman–Crippen LogP) is 5.12. The van der Waals surface area contributed by atoms with Gasteiger partial charge in [0, 0.05) is 17.6 Å². The minimum atomic E-state index is -0.380. The van der Waals surface area contributed by atoms with E-state index in [0.29, 0.717) is 35.0 Å². The van der Waals surface area contributed by atoms with Crippen LogP contribution in [0.15, 0.2) is 22.7 Å². The van der Waals surface area contributed by atoms with E-state index < -0.39 is 0 Å². The van der Waals surface area contributed by atoms with Gasteiger partial charge in [0.25, 0.3) is 5.91 Å². The van der Waals surface area contributed by atoms with E-state index in [1.165, 1.54) is 12.1 Å². The van der Waals surface area contributed by atoms with Crippen LogP contribution in [0.1, 0.15) is 50.9 Å². The molecule has 0 atom stereocenters. The normalized spacial score (nSPS) is 11.2. The SMILES string of the molecule is CC(C)CCN(CCC(C)C)C(=O)c1cc(F)ccc1Br. The van der Waals surface area contributed by atoms with E-state index in [1.807, 2.05) is 4.90 Å². The van der Waals surface area contributed by atoms with E-state index in [9.17, 15) is 9.18 Å². The lowest BCUT2D eigenvalue weighted by molar-refractivity contribution is 0.0739. The fraction of sp³-hybridized carbons (Fsp3) is 0.588. The topological polar surface area (TPSA) is 20.3 Å². The Balaban J connectivity index is 2.89. The van der Waals surface area contributed by atoms with Crippen molar-refractivity contribution >= 4 is 21.8 Å². The zero-order chi connectivity index (χ0) is 16.0. The average Bonchev–Trinajstić information content (AvgIpc) is 2.40. The third-order valence-corrected chi connectivity index (χ3v) is 4.09. The van der Waals surface area contributed by atoms with Crippen LogP contribution in [0.5, 0.6) is 0 Å². The second-order valence-corrected chi connectivity index (χ2v) is 7.14. The first kappa shape index (κ1) is 18.1. The van der Waals surface area contributed by atoms with Crippen molar-refractivity contribution < 1.29 is 9.18 Å². The van der Waals surface area contributed by atoms with Crippen molar-refractivity contribution in [1.82, 2.24) is 4.90 Å². The van der Waals surface area contributed by atoms with Crippen LogP contribution in [0.4, 0.5) is 4.39 Å². The molecule has 1 rings (SSSR count). The number of halogens is 2. The first-order valence-electron chi connectivity index (χ1n) is 7.55. The molecule has 0 fully saturated rings. The van der Waals surface area contributed by atoms with Crippen molar-refractivity contribution in [2.75, 3.05) is 13.1 Å². The molecule has 1 amide bonds. The maximum atomic E-state index is 13.4. The first-order valence-corrected chi connectivity index (χ1v) is 8.35. The van der Waals surface area contributed by atoms with Gasteiger partial charge in [-0.2, -0.15) is 0 Å². The third-order valence-electron chi connectivity index (χ3n) is 3.40. The van der Waals surface area contributed by atoms with E-state index in [2.05, 4.69) is 43.6 Å². The summed E-state index contributed by atoms with van der Waals surface area (Å²) in [6.45, 7) is 10.00. The fourth-order valence-corrected chi connectivity index (χ4v) is 2.39. The molecular formula is C17H25BrFNO. The van der Waals surface area contributed by atoms with Gasteiger partial charge in [-0.1, -0.05) is 27.7 Å². The highest BCUT2D eigenvalue weighted by molar-refractivity contribution is 9.10. The molecule has 0 aliphatic rings. The summed E-state index contributed by atoms with van der Waals surface area (Å²) in [5, 5.41) is 0. The van der Waals surface area contributed by atoms with Gasteiger partial charge in [-0.25, -0.2) is 4.39 Å². The maximum absolute atomic E-state index is 13.4. The van der Waals surface area contributed by atoms with Crippen molar-refractivity contribution in [1.29, 1.82) is 0 Å². The Bertz CT molecular complexity index is 462. The smallest absolute Gasteiger partial charge is 0.255 e. The molecule has 0 saturated heterocycles. The largest absolute Gasteiger partial charge is 0.339 e. The van der Waals surface area contributed by atoms with Crippen molar-refractivity contribution in [2.24, 2.45) is 11.8 Å². The summed E-state index contributed by atoms with van der Waals surface area (Å²) < 4.78 is 14.1. The minimum Gasteiger partial charge on any atom is -0.339 e. The number of nitrogens with zero attached hydrogens (tertiary/aromatic N) is 1. The number of hydrogen-bond donors (Lipinski definition) is 0. The van der Waals surface area contributed by atoms with Gasteiger partial charge in [-0.3, -0.25) is 4.79 Å². The quantitative estimate of drug-likeness (QED) is 0.662. The van der Waals surface area contributed by atoms with Crippen LogP contribution >= 0.6 is 15.9 Å². The Hall–Kier alpha value is -0.900. The monoisotopic (exact) mass is 357 g/mol. The van der Waals surface area contributed by atoms with Crippen LogP contribution in [0, 0.1) is 17.7 Å². The van der Waals surface area contributed by atoms with Crippen molar-refractivity contribution in [2.45, 2.75) is 40.5 Å². The number of carbonyl (C=O) groups excluding carboxylic acids is 1. The van der Waals surface area contributed by atoms with Gasteiger partial charge in [0.2, 0.25) is 0 Å². The van der Waals surface area contributed by atoms with Gasteiger partial charge in [0.15, 0.2) is 0 Å². The summed E-state index contributed by atoms with van der Waals surface area (Å²) in [5.74, 6) is 0.600. The summed E-state index contributed by atoms with van der Waals surface area (Å²) in [7, 11) is 0. The lowest BCUT2D eigenvalue weighted by Gasteiger charge is -2.25. The predicted molar refractivity (Wildman–Crippen MR) is 88.9 cm³/mol.